The van der Waals surface area contributed by atoms with Crippen molar-refractivity contribution in [2.24, 2.45) is 7.05 Å². The molecule has 3 heterocycles. The zero-order valence-corrected chi connectivity index (χ0v) is 16.4. The van der Waals surface area contributed by atoms with Gasteiger partial charge in [-0.05, 0) is 24.6 Å². The normalized spacial score (nSPS) is 16.6. The SMILES string of the molecule is CC(=O)Nc1nnc(N2CCN(C(C)c3ccc4c(c3)nnn4C)CC2)s1. The average Bonchev–Trinajstić information content (AvgIpc) is 3.27. The number of rotatable bonds is 4. The standard InChI is InChI=1S/C17H22N8OS/c1-11(13-4-5-15-14(10-13)19-22-23(15)3)24-6-8-25(9-7-24)17-21-20-16(27-17)18-12(2)26/h4-5,10-11H,6-9H2,1-3H3,(H,18,20,26). The zero-order chi connectivity index (χ0) is 19.0. The molecule has 0 bridgehead atoms. The van der Waals surface area contributed by atoms with Crippen molar-refractivity contribution in [1.82, 2.24) is 30.1 Å². The molecule has 1 fully saturated rings. The third-order valence-electron chi connectivity index (χ3n) is 4.95. The van der Waals surface area contributed by atoms with Gasteiger partial charge in [-0.15, -0.1) is 15.3 Å². The van der Waals surface area contributed by atoms with Gasteiger partial charge < -0.3 is 10.2 Å². The van der Waals surface area contributed by atoms with Gasteiger partial charge in [0, 0.05) is 46.2 Å². The minimum Gasteiger partial charge on any atom is -0.344 e. The first-order chi connectivity index (χ1) is 13.0. The van der Waals surface area contributed by atoms with E-state index in [1.54, 1.807) is 4.68 Å². The fraction of sp³-hybridized carbons (Fsp3) is 0.471. The first kappa shape index (κ1) is 17.8. The number of piperazine rings is 1. The van der Waals surface area contributed by atoms with E-state index in [1.807, 2.05) is 7.05 Å². The summed E-state index contributed by atoms with van der Waals surface area (Å²) in [5.41, 5.74) is 3.22. The summed E-state index contributed by atoms with van der Waals surface area (Å²) in [6.45, 7) is 7.34. The fourth-order valence-corrected chi connectivity index (χ4v) is 4.22. The zero-order valence-electron chi connectivity index (χ0n) is 15.6. The van der Waals surface area contributed by atoms with Gasteiger partial charge in [-0.25, -0.2) is 4.68 Å². The minimum absolute atomic E-state index is 0.128. The van der Waals surface area contributed by atoms with Crippen molar-refractivity contribution in [2.45, 2.75) is 19.9 Å². The molecule has 1 atom stereocenters. The number of aryl methyl sites for hydroxylation is 1. The molecule has 3 aromatic rings. The maximum Gasteiger partial charge on any atom is 0.223 e. The highest BCUT2D eigenvalue weighted by Gasteiger charge is 2.24. The molecule has 10 heteroatoms. The van der Waals surface area contributed by atoms with Crippen LogP contribution in [0.2, 0.25) is 0 Å². The van der Waals surface area contributed by atoms with E-state index in [1.165, 1.54) is 23.8 Å². The largest absolute Gasteiger partial charge is 0.344 e. The molecule has 1 amide bonds. The van der Waals surface area contributed by atoms with Crippen LogP contribution >= 0.6 is 11.3 Å². The summed E-state index contributed by atoms with van der Waals surface area (Å²) in [5.74, 6) is -0.128. The van der Waals surface area contributed by atoms with Gasteiger partial charge in [0.2, 0.25) is 16.2 Å². The van der Waals surface area contributed by atoms with Gasteiger partial charge in [-0.2, -0.15) is 0 Å². The molecule has 9 nitrogen and oxygen atoms in total. The Hall–Kier alpha value is -2.59. The summed E-state index contributed by atoms with van der Waals surface area (Å²) in [4.78, 5) is 15.8. The number of carbonyl (C=O) groups excluding carboxylic acids is 1. The molecule has 1 unspecified atom stereocenters. The molecular weight excluding hydrogens is 364 g/mol. The number of carbonyl (C=O) groups is 1. The third-order valence-corrected chi connectivity index (χ3v) is 5.85. The number of nitrogens with one attached hydrogen (secondary N) is 1. The highest BCUT2D eigenvalue weighted by molar-refractivity contribution is 7.19. The third kappa shape index (κ3) is 3.62. The smallest absolute Gasteiger partial charge is 0.223 e. The maximum absolute atomic E-state index is 11.1. The number of hydrogen-bond donors (Lipinski definition) is 1. The van der Waals surface area contributed by atoms with E-state index in [9.17, 15) is 4.79 Å². The Labute approximate surface area is 161 Å². The molecule has 0 aliphatic carbocycles. The van der Waals surface area contributed by atoms with Crippen molar-refractivity contribution in [1.29, 1.82) is 0 Å². The lowest BCUT2D eigenvalue weighted by molar-refractivity contribution is -0.114. The lowest BCUT2D eigenvalue weighted by atomic mass is 10.1. The lowest BCUT2D eigenvalue weighted by Crippen LogP contribution is -2.47. The van der Waals surface area contributed by atoms with E-state index in [0.29, 0.717) is 11.2 Å². The number of hydrogen-bond acceptors (Lipinski definition) is 8. The number of anilines is 2. The summed E-state index contributed by atoms with van der Waals surface area (Å²) in [7, 11) is 1.91. The number of amides is 1. The van der Waals surface area contributed by atoms with Crippen LogP contribution < -0.4 is 10.2 Å². The van der Waals surface area contributed by atoms with E-state index in [4.69, 9.17) is 0 Å². The first-order valence-corrected chi connectivity index (χ1v) is 9.72. The van der Waals surface area contributed by atoms with Crippen molar-refractivity contribution >= 4 is 38.5 Å². The van der Waals surface area contributed by atoms with E-state index >= 15 is 0 Å². The molecule has 0 saturated carbocycles. The second-order valence-corrected chi connectivity index (χ2v) is 7.69. The molecule has 142 valence electrons. The molecule has 2 aromatic heterocycles. The Bertz CT molecular complexity index is 959. The van der Waals surface area contributed by atoms with Crippen LogP contribution in [0.25, 0.3) is 11.0 Å². The molecule has 4 rings (SSSR count). The molecule has 1 N–H and O–H groups in total. The Kier molecular flexibility index (Phi) is 4.75. The topological polar surface area (TPSA) is 92.1 Å². The fourth-order valence-electron chi connectivity index (χ4n) is 3.37. The molecule has 1 aliphatic rings. The van der Waals surface area contributed by atoms with Gasteiger partial charge in [0.1, 0.15) is 5.52 Å². The van der Waals surface area contributed by atoms with Crippen LogP contribution in [0.15, 0.2) is 18.2 Å². The predicted molar refractivity (Wildman–Crippen MR) is 105 cm³/mol. The van der Waals surface area contributed by atoms with Crippen LogP contribution in [-0.4, -0.2) is 62.2 Å². The Morgan fingerprint density at radius 1 is 1.19 bits per heavy atom. The second kappa shape index (κ2) is 7.20. The summed E-state index contributed by atoms with van der Waals surface area (Å²) < 4.78 is 1.79. The number of aromatic nitrogens is 5. The van der Waals surface area contributed by atoms with Crippen LogP contribution in [-0.2, 0) is 11.8 Å². The van der Waals surface area contributed by atoms with Crippen LogP contribution in [0.3, 0.4) is 0 Å². The second-order valence-electron chi connectivity index (χ2n) is 6.73. The molecule has 1 saturated heterocycles. The molecular formula is C17H22N8OS. The van der Waals surface area contributed by atoms with Crippen molar-refractivity contribution in [2.75, 3.05) is 36.4 Å². The molecule has 0 radical (unpaired) electrons. The summed E-state index contributed by atoms with van der Waals surface area (Å²) in [5, 5.41) is 20.6. The molecule has 1 aliphatic heterocycles. The van der Waals surface area contributed by atoms with Gasteiger partial charge in [0.25, 0.3) is 0 Å². The first-order valence-electron chi connectivity index (χ1n) is 8.90. The number of benzene rings is 1. The van der Waals surface area contributed by atoms with Crippen molar-refractivity contribution in [3.63, 3.8) is 0 Å². The van der Waals surface area contributed by atoms with Crippen LogP contribution in [0.4, 0.5) is 10.3 Å². The summed E-state index contributed by atoms with van der Waals surface area (Å²) in [6, 6.07) is 6.68. The number of fused-ring (bicyclic) bond motifs is 1. The van der Waals surface area contributed by atoms with Gasteiger partial charge in [-0.1, -0.05) is 22.6 Å². The van der Waals surface area contributed by atoms with Crippen LogP contribution in [0, 0.1) is 0 Å². The van der Waals surface area contributed by atoms with Crippen LogP contribution in [0.1, 0.15) is 25.5 Å². The van der Waals surface area contributed by atoms with Crippen molar-refractivity contribution < 1.29 is 4.79 Å². The highest BCUT2D eigenvalue weighted by atomic mass is 32.1. The summed E-state index contributed by atoms with van der Waals surface area (Å²) >= 11 is 1.41. The monoisotopic (exact) mass is 386 g/mol. The maximum atomic E-state index is 11.1. The average molecular weight is 386 g/mol. The van der Waals surface area contributed by atoms with Gasteiger partial charge in [-0.3, -0.25) is 9.69 Å². The van der Waals surface area contributed by atoms with Crippen LogP contribution in [0.5, 0.6) is 0 Å². The Balaban J connectivity index is 1.40. The van der Waals surface area contributed by atoms with Gasteiger partial charge in [0.15, 0.2) is 0 Å². The van der Waals surface area contributed by atoms with E-state index in [0.717, 1.165) is 42.3 Å². The quantitative estimate of drug-likeness (QED) is 0.729. The number of nitrogens with zero attached hydrogens (tertiary/aromatic N) is 7. The van der Waals surface area contributed by atoms with Crippen molar-refractivity contribution in [3.8, 4) is 0 Å². The predicted octanol–water partition coefficient (Wildman–Crippen LogP) is 1.66. The molecule has 1 aromatic carbocycles. The molecule has 27 heavy (non-hydrogen) atoms. The van der Waals surface area contributed by atoms with Crippen molar-refractivity contribution in [3.05, 3.63) is 23.8 Å². The lowest BCUT2D eigenvalue weighted by Gasteiger charge is -2.37. The van der Waals surface area contributed by atoms with Gasteiger partial charge in [0.05, 0.1) is 5.52 Å². The minimum atomic E-state index is -0.128. The molecule has 0 spiro atoms. The Morgan fingerprint density at radius 3 is 2.70 bits per heavy atom. The van der Waals surface area contributed by atoms with E-state index in [-0.39, 0.29) is 5.91 Å². The van der Waals surface area contributed by atoms with E-state index in [2.05, 4.69) is 60.7 Å². The van der Waals surface area contributed by atoms with Gasteiger partial charge >= 0.3 is 0 Å². The highest BCUT2D eigenvalue weighted by Crippen LogP contribution is 2.28. The van der Waals surface area contributed by atoms with E-state index < -0.39 is 0 Å². The Morgan fingerprint density at radius 2 is 1.96 bits per heavy atom. The summed E-state index contributed by atoms with van der Waals surface area (Å²) in [6.07, 6.45) is 0.